The van der Waals surface area contributed by atoms with Crippen molar-refractivity contribution in [3.63, 3.8) is 0 Å². The number of ether oxygens (including phenoxy) is 2. The SMILES string of the molecule is COCOc1ccccc1CCNC(=O)/C(C#N)=C/c1cccnc1. The number of amides is 1. The molecule has 1 N–H and O–H groups in total. The molecule has 0 radical (unpaired) electrons. The number of carbonyl (C=O) groups is 1. The van der Waals surface area contributed by atoms with Gasteiger partial charge in [-0.3, -0.25) is 9.78 Å². The van der Waals surface area contributed by atoms with Gasteiger partial charge < -0.3 is 14.8 Å². The molecule has 0 bridgehead atoms. The average Bonchev–Trinajstić information content (AvgIpc) is 2.66. The van der Waals surface area contributed by atoms with E-state index in [1.54, 1.807) is 31.6 Å². The van der Waals surface area contributed by atoms with E-state index in [0.717, 1.165) is 5.56 Å². The molecule has 2 aromatic rings. The number of rotatable bonds is 8. The lowest BCUT2D eigenvalue weighted by Gasteiger charge is -2.11. The largest absolute Gasteiger partial charge is 0.467 e. The van der Waals surface area contributed by atoms with Crippen molar-refractivity contribution in [2.75, 3.05) is 20.4 Å². The van der Waals surface area contributed by atoms with Gasteiger partial charge in [0.05, 0.1) is 0 Å². The number of pyridine rings is 1. The van der Waals surface area contributed by atoms with Gasteiger partial charge in [0.1, 0.15) is 17.4 Å². The highest BCUT2D eigenvalue weighted by Gasteiger charge is 2.09. The van der Waals surface area contributed by atoms with Gasteiger partial charge in [0, 0.05) is 26.0 Å². The molecule has 0 aliphatic heterocycles. The van der Waals surface area contributed by atoms with E-state index in [9.17, 15) is 10.1 Å². The zero-order valence-corrected chi connectivity index (χ0v) is 13.9. The summed E-state index contributed by atoms with van der Waals surface area (Å²) in [6.07, 6.45) is 5.32. The molecule has 0 fully saturated rings. The summed E-state index contributed by atoms with van der Waals surface area (Å²) in [5, 5.41) is 11.9. The Balaban J connectivity index is 1.94. The number of methoxy groups -OCH3 is 1. The molecular formula is C19H19N3O3. The highest BCUT2D eigenvalue weighted by Crippen LogP contribution is 2.18. The van der Waals surface area contributed by atoms with E-state index in [4.69, 9.17) is 9.47 Å². The summed E-state index contributed by atoms with van der Waals surface area (Å²) in [5.41, 5.74) is 1.69. The van der Waals surface area contributed by atoms with Crippen LogP contribution in [0.5, 0.6) is 5.75 Å². The second kappa shape index (κ2) is 9.85. The van der Waals surface area contributed by atoms with Crippen molar-refractivity contribution < 1.29 is 14.3 Å². The van der Waals surface area contributed by atoms with Crippen LogP contribution in [-0.4, -0.2) is 31.3 Å². The zero-order chi connectivity index (χ0) is 17.9. The predicted octanol–water partition coefficient (Wildman–Crippen LogP) is 2.33. The van der Waals surface area contributed by atoms with Gasteiger partial charge in [-0.25, -0.2) is 0 Å². The van der Waals surface area contributed by atoms with Crippen molar-refractivity contribution >= 4 is 12.0 Å². The number of para-hydroxylation sites is 1. The molecule has 0 aliphatic rings. The number of hydrogen-bond acceptors (Lipinski definition) is 5. The van der Waals surface area contributed by atoms with E-state index in [2.05, 4.69) is 10.3 Å². The third-order valence-corrected chi connectivity index (χ3v) is 3.35. The van der Waals surface area contributed by atoms with E-state index >= 15 is 0 Å². The lowest BCUT2D eigenvalue weighted by Crippen LogP contribution is -2.26. The van der Waals surface area contributed by atoms with Crippen molar-refractivity contribution in [1.29, 1.82) is 5.26 Å². The smallest absolute Gasteiger partial charge is 0.261 e. The van der Waals surface area contributed by atoms with Gasteiger partial charge >= 0.3 is 0 Å². The predicted molar refractivity (Wildman–Crippen MR) is 93.5 cm³/mol. The number of nitrogens with zero attached hydrogens (tertiary/aromatic N) is 2. The molecule has 0 saturated heterocycles. The quantitative estimate of drug-likeness (QED) is 0.454. The van der Waals surface area contributed by atoms with Crippen LogP contribution in [0.15, 0.2) is 54.4 Å². The minimum atomic E-state index is -0.415. The van der Waals surface area contributed by atoms with Gasteiger partial charge in [-0.1, -0.05) is 24.3 Å². The Hall–Kier alpha value is -3.17. The van der Waals surface area contributed by atoms with Crippen LogP contribution in [0, 0.1) is 11.3 Å². The molecule has 128 valence electrons. The van der Waals surface area contributed by atoms with Crippen LogP contribution < -0.4 is 10.1 Å². The third kappa shape index (κ3) is 5.75. The maximum Gasteiger partial charge on any atom is 0.261 e. The molecule has 1 heterocycles. The summed E-state index contributed by atoms with van der Waals surface area (Å²) in [6.45, 7) is 0.550. The molecule has 0 spiro atoms. The first-order valence-electron chi connectivity index (χ1n) is 7.74. The molecule has 0 unspecified atom stereocenters. The summed E-state index contributed by atoms with van der Waals surface area (Å²) in [7, 11) is 1.56. The zero-order valence-electron chi connectivity index (χ0n) is 13.9. The lowest BCUT2D eigenvalue weighted by molar-refractivity contribution is -0.117. The van der Waals surface area contributed by atoms with Crippen LogP contribution in [0.3, 0.4) is 0 Å². The Morgan fingerprint density at radius 2 is 2.16 bits per heavy atom. The molecule has 2 rings (SSSR count). The van der Waals surface area contributed by atoms with Gasteiger partial charge in [0.2, 0.25) is 0 Å². The third-order valence-electron chi connectivity index (χ3n) is 3.35. The van der Waals surface area contributed by atoms with Crippen LogP contribution in [0.2, 0.25) is 0 Å². The number of benzene rings is 1. The van der Waals surface area contributed by atoms with E-state index in [1.165, 1.54) is 6.08 Å². The summed E-state index contributed by atoms with van der Waals surface area (Å²) >= 11 is 0. The second-order valence-electron chi connectivity index (χ2n) is 5.12. The van der Waals surface area contributed by atoms with Crippen LogP contribution in [0.1, 0.15) is 11.1 Å². The maximum absolute atomic E-state index is 12.2. The Labute approximate surface area is 146 Å². The lowest BCUT2D eigenvalue weighted by atomic mass is 10.1. The molecule has 1 aromatic heterocycles. The Morgan fingerprint density at radius 1 is 1.32 bits per heavy atom. The van der Waals surface area contributed by atoms with Crippen molar-refractivity contribution in [1.82, 2.24) is 10.3 Å². The van der Waals surface area contributed by atoms with E-state index in [1.807, 2.05) is 30.3 Å². The molecular weight excluding hydrogens is 318 g/mol. The Kier molecular flexibility index (Phi) is 7.16. The normalized spacial score (nSPS) is 10.8. The molecule has 6 heteroatoms. The van der Waals surface area contributed by atoms with Crippen LogP contribution >= 0.6 is 0 Å². The summed E-state index contributed by atoms with van der Waals surface area (Å²) < 4.78 is 10.4. The summed E-state index contributed by atoms with van der Waals surface area (Å²) in [4.78, 5) is 16.1. The molecule has 25 heavy (non-hydrogen) atoms. The average molecular weight is 337 g/mol. The monoisotopic (exact) mass is 337 g/mol. The molecule has 6 nitrogen and oxygen atoms in total. The topological polar surface area (TPSA) is 84.2 Å². The van der Waals surface area contributed by atoms with Crippen molar-refractivity contribution in [3.8, 4) is 11.8 Å². The fourth-order valence-corrected chi connectivity index (χ4v) is 2.16. The molecule has 0 aliphatic carbocycles. The van der Waals surface area contributed by atoms with Crippen molar-refractivity contribution in [3.05, 3.63) is 65.5 Å². The molecule has 0 atom stereocenters. The van der Waals surface area contributed by atoms with Gasteiger partial charge in [0.15, 0.2) is 6.79 Å². The molecule has 1 amide bonds. The number of hydrogen-bond donors (Lipinski definition) is 1. The molecule has 1 aromatic carbocycles. The highest BCUT2D eigenvalue weighted by atomic mass is 16.7. The fraction of sp³-hybridized carbons (Fsp3) is 0.211. The minimum Gasteiger partial charge on any atom is -0.467 e. The fourth-order valence-electron chi connectivity index (χ4n) is 2.16. The van der Waals surface area contributed by atoms with E-state index in [0.29, 0.717) is 24.3 Å². The van der Waals surface area contributed by atoms with E-state index in [-0.39, 0.29) is 12.4 Å². The molecule has 0 saturated carbocycles. The second-order valence-corrected chi connectivity index (χ2v) is 5.12. The minimum absolute atomic E-state index is 0.0388. The maximum atomic E-state index is 12.2. The number of carbonyl (C=O) groups excluding carboxylic acids is 1. The number of aromatic nitrogens is 1. The number of nitriles is 1. The summed E-state index contributed by atoms with van der Waals surface area (Å²) in [6, 6.07) is 13.0. The van der Waals surface area contributed by atoms with Crippen LogP contribution in [-0.2, 0) is 16.0 Å². The summed E-state index contributed by atoms with van der Waals surface area (Å²) in [5.74, 6) is 0.298. The van der Waals surface area contributed by atoms with Crippen molar-refractivity contribution in [2.45, 2.75) is 6.42 Å². The first-order chi connectivity index (χ1) is 12.2. The van der Waals surface area contributed by atoms with Gasteiger partial charge in [0.25, 0.3) is 5.91 Å². The van der Waals surface area contributed by atoms with Gasteiger partial charge in [-0.2, -0.15) is 5.26 Å². The van der Waals surface area contributed by atoms with E-state index < -0.39 is 5.91 Å². The van der Waals surface area contributed by atoms with Gasteiger partial charge in [-0.05, 0) is 35.8 Å². The van der Waals surface area contributed by atoms with Crippen molar-refractivity contribution in [2.24, 2.45) is 0 Å². The Bertz CT molecular complexity index is 767. The van der Waals surface area contributed by atoms with Crippen LogP contribution in [0.25, 0.3) is 6.08 Å². The highest BCUT2D eigenvalue weighted by molar-refractivity contribution is 6.01. The first kappa shape index (κ1) is 18.2. The van der Waals surface area contributed by atoms with Crippen LogP contribution in [0.4, 0.5) is 0 Å². The Morgan fingerprint density at radius 3 is 2.88 bits per heavy atom. The van der Waals surface area contributed by atoms with Gasteiger partial charge in [-0.15, -0.1) is 0 Å². The standard InChI is InChI=1S/C19H19N3O3/c1-24-14-25-18-7-3-2-6-16(18)8-10-22-19(23)17(12-20)11-15-5-4-9-21-13-15/h2-7,9,11,13H,8,10,14H2,1H3,(H,22,23)/b17-11+. The first-order valence-corrected chi connectivity index (χ1v) is 7.74. The number of nitrogens with one attached hydrogen (secondary N) is 1.